The van der Waals surface area contributed by atoms with E-state index in [1.165, 1.54) is 0 Å². The Bertz CT molecular complexity index is 586. The summed E-state index contributed by atoms with van der Waals surface area (Å²) in [5, 5.41) is 4.17. The minimum absolute atomic E-state index is 0.329. The van der Waals surface area contributed by atoms with Crippen LogP contribution in [-0.4, -0.2) is 21.9 Å². The fourth-order valence-electron chi connectivity index (χ4n) is 1.84. The number of nitrogens with zero attached hydrogens (tertiary/aromatic N) is 3. The highest BCUT2D eigenvalue weighted by molar-refractivity contribution is 9.11. The van der Waals surface area contributed by atoms with Crippen LogP contribution < -0.4 is 16.0 Å². The van der Waals surface area contributed by atoms with Crippen LogP contribution in [0, 0.1) is 0 Å². The standard InChI is InChI=1S/C11H13Br2N5O/c1-18-11(8(19-2)5-16-18)10(17-14)9-7(13)3-6(12)4-15-9/h3-5,10,17H,14H2,1-2H3. The molecule has 0 aliphatic carbocycles. The first-order valence-electron chi connectivity index (χ1n) is 5.41. The van der Waals surface area contributed by atoms with Crippen LogP contribution in [0.15, 0.2) is 27.4 Å². The van der Waals surface area contributed by atoms with E-state index >= 15 is 0 Å². The van der Waals surface area contributed by atoms with E-state index in [-0.39, 0.29) is 6.04 Å². The van der Waals surface area contributed by atoms with Crippen LogP contribution >= 0.6 is 31.9 Å². The Morgan fingerprint density at radius 2 is 2.16 bits per heavy atom. The molecule has 0 saturated carbocycles. The van der Waals surface area contributed by atoms with Gasteiger partial charge in [0.05, 0.1) is 19.0 Å². The molecule has 3 N–H and O–H groups in total. The third-order valence-electron chi connectivity index (χ3n) is 2.72. The molecule has 8 heteroatoms. The van der Waals surface area contributed by atoms with E-state index in [2.05, 4.69) is 47.4 Å². The molecule has 6 nitrogen and oxygen atoms in total. The number of aryl methyl sites for hydroxylation is 1. The Balaban J connectivity index is 2.52. The van der Waals surface area contributed by atoms with Gasteiger partial charge in [0.15, 0.2) is 5.75 Å². The van der Waals surface area contributed by atoms with Gasteiger partial charge in [0.2, 0.25) is 0 Å². The van der Waals surface area contributed by atoms with Crippen LogP contribution in [0.3, 0.4) is 0 Å². The molecule has 0 aromatic carbocycles. The van der Waals surface area contributed by atoms with Crippen LogP contribution in [0.2, 0.25) is 0 Å². The van der Waals surface area contributed by atoms with Crippen molar-refractivity contribution in [1.82, 2.24) is 20.2 Å². The van der Waals surface area contributed by atoms with Crippen molar-refractivity contribution in [2.75, 3.05) is 7.11 Å². The van der Waals surface area contributed by atoms with Crippen LogP contribution in [0.4, 0.5) is 0 Å². The van der Waals surface area contributed by atoms with E-state index in [4.69, 9.17) is 10.6 Å². The number of rotatable bonds is 4. The van der Waals surface area contributed by atoms with Crippen LogP contribution in [0.1, 0.15) is 17.4 Å². The number of ether oxygens (including phenoxy) is 1. The molecule has 2 heterocycles. The number of hydrazine groups is 1. The van der Waals surface area contributed by atoms with Crippen molar-refractivity contribution in [3.05, 3.63) is 38.8 Å². The molecule has 0 bridgehead atoms. The SMILES string of the molecule is COc1cnn(C)c1C(NN)c1ncc(Br)cc1Br. The second kappa shape index (κ2) is 6.00. The molecule has 0 fully saturated rings. The molecule has 19 heavy (non-hydrogen) atoms. The average molecular weight is 391 g/mol. The van der Waals surface area contributed by atoms with E-state index in [9.17, 15) is 0 Å². The molecule has 0 radical (unpaired) electrons. The Morgan fingerprint density at radius 1 is 1.42 bits per heavy atom. The van der Waals surface area contributed by atoms with Crippen molar-refractivity contribution < 1.29 is 4.74 Å². The summed E-state index contributed by atoms with van der Waals surface area (Å²) in [5.74, 6) is 6.33. The maximum atomic E-state index is 5.68. The van der Waals surface area contributed by atoms with Gasteiger partial charge in [-0.15, -0.1) is 0 Å². The molecule has 2 rings (SSSR count). The molecule has 0 aliphatic heterocycles. The van der Waals surface area contributed by atoms with Gasteiger partial charge in [0, 0.05) is 22.2 Å². The second-order valence-corrected chi connectivity index (χ2v) is 5.61. The van der Waals surface area contributed by atoms with E-state index in [0.717, 1.165) is 20.3 Å². The Morgan fingerprint density at radius 3 is 2.74 bits per heavy atom. The number of aromatic nitrogens is 3. The summed E-state index contributed by atoms with van der Waals surface area (Å²) in [5.41, 5.74) is 4.31. The highest BCUT2D eigenvalue weighted by Gasteiger charge is 2.24. The molecular formula is C11H13Br2N5O. The number of hydrogen-bond acceptors (Lipinski definition) is 5. The lowest BCUT2D eigenvalue weighted by atomic mass is 10.1. The van der Waals surface area contributed by atoms with E-state index < -0.39 is 0 Å². The van der Waals surface area contributed by atoms with Gasteiger partial charge in [0.1, 0.15) is 11.7 Å². The van der Waals surface area contributed by atoms with E-state index in [1.807, 2.05) is 13.1 Å². The first-order valence-corrected chi connectivity index (χ1v) is 7.00. The monoisotopic (exact) mass is 389 g/mol. The zero-order chi connectivity index (χ0) is 14.0. The predicted octanol–water partition coefficient (Wildman–Crippen LogP) is 1.90. The van der Waals surface area contributed by atoms with Crippen LogP contribution in [0.5, 0.6) is 5.75 Å². The lowest BCUT2D eigenvalue weighted by molar-refractivity contribution is 0.400. The number of nitrogens with one attached hydrogen (secondary N) is 1. The summed E-state index contributed by atoms with van der Waals surface area (Å²) in [4.78, 5) is 4.39. The fourth-order valence-corrected chi connectivity index (χ4v) is 3.05. The summed E-state index contributed by atoms with van der Waals surface area (Å²) < 4.78 is 8.74. The van der Waals surface area contributed by atoms with Crippen molar-refractivity contribution in [3.8, 4) is 5.75 Å². The molecule has 2 aromatic heterocycles. The quantitative estimate of drug-likeness (QED) is 0.615. The van der Waals surface area contributed by atoms with Crippen LogP contribution in [0.25, 0.3) is 0 Å². The number of methoxy groups -OCH3 is 1. The van der Waals surface area contributed by atoms with Gasteiger partial charge in [-0.05, 0) is 37.9 Å². The van der Waals surface area contributed by atoms with Crippen molar-refractivity contribution >= 4 is 31.9 Å². The molecule has 102 valence electrons. The van der Waals surface area contributed by atoms with E-state index in [0.29, 0.717) is 5.75 Å². The smallest absolute Gasteiger partial charge is 0.162 e. The molecule has 0 amide bonds. The third-order valence-corrected chi connectivity index (χ3v) is 3.79. The lowest BCUT2D eigenvalue weighted by Crippen LogP contribution is -2.31. The fraction of sp³-hybridized carbons (Fsp3) is 0.273. The number of pyridine rings is 1. The summed E-state index contributed by atoms with van der Waals surface area (Å²) in [6, 6.07) is 1.58. The highest BCUT2D eigenvalue weighted by Crippen LogP contribution is 2.32. The normalized spacial score (nSPS) is 12.5. The summed E-state index contributed by atoms with van der Waals surface area (Å²) in [7, 11) is 3.42. The summed E-state index contributed by atoms with van der Waals surface area (Å²) in [6.45, 7) is 0. The predicted molar refractivity (Wildman–Crippen MR) is 78.6 cm³/mol. The van der Waals surface area contributed by atoms with Gasteiger partial charge in [-0.3, -0.25) is 15.5 Å². The number of nitrogens with two attached hydrogens (primary N) is 1. The first kappa shape index (κ1) is 14.4. The van der Waals surface area contributed by atoms with Gasteiger partial charge in [-0.25, -0.2) is 5.43 Å². The maximum absolute atomic E-state index is 5.68. The lowest BCUT2D eigenvalue weighted by Gasteiger charge is -2.18. The van der Waals surface area contributed by atoms with Crippen molar-refractivity contribution in [2.45, 2.75) is 6.04 Å². The van der Waals surface area contributed by atoms with E-state index in [1.54, 1.807) is 24.2 Å². The molecular weight excluding hydrogens is 378 g/mol. The summed E-state index contributed by atoms with van der Waals surface area (Å²) >= 11 is 6.86. The Labute approximate surface area is 127 Å². The van der Waals surface area contributed by atoms with Crippen molar-refractivity contribution in [2.24, 2.45) is 12.9 Å². The Kier molecular flexibility index (Phi) is 4.56. The highest BCUT2D eigenvalue weighted by atomic mass is 79.9. The zero-order valence-corrected chi connectivity index (χ0v) is 13.6. The Hall–Kier alpha value is -0.960. The number of halogens is 2. The van der Waals surface area contributed by atoms with Gasteiger partial charge < -0.3 is 4.74 Å². The minimum Gasteiger partial charge on any atom is -0.493 e. The third kappa shape index (κ3) is 2.81. The van der Waals surface area contributed by atoms with Gasteiger partial charge >= 0.3 is 0 Å². The molecule has 1 unspecified atom stereocenters. The van der Waals surface area contributed by atoms with Gasteiger partial charge in [0.25, 0.3) is 0 Å². The second-order valence-electron chi connectivity index (χ2n) is 3.84. The maximum Gasteiger partial charge on any atom is 0.162 e. The molecule has 0 saturated heterocycles. The van der Waals surface area contributed by atoms with Crippen molar-refractivity contribution in [1.29, 1.82) is 0 Å². The summed E-state index contributed by atoms with van der Waals surface area (Å²) in [6.07, 6.45) is 3.36. The van der Waals surface area contributed by atoms with Crippen LogP contribution in [-0.2, 0) is 7.05 Å². The molecule has 2 aromatic rings. The molecule has 0 aliphatic rings. The minimum atomic E-state index is -0.329. The molecule has 0 spiro atoms. The van der Waals surface area contributed by atoms with Gasteiger partial charge in [-0.1, -0.05) is 0 Å². The largest absolute Gasteiger partial charge is 0.493 e. The average Bonchev–Trinajstić information content (AvgIpc) is 2.74. The number of hydrogen-bond donors (Lipinski definition) is 2. The zero-order valence-electron chi connectivity index (χ0n) is 10.4. The van der Waals surface area contributed by atoms with Gasteiger partial charge in [-0.2, -0.15) is 5.10 Å². The van der Waals surface area contributed by atoms with Crippen molar-refractivity contribution in [3.63, 3.8) is 0 Å². The molecule has 1 atom stereocenters. The topological polar surface area (TPSA) is 78.0 Å². The first-order chi connectivity index (χ1) is 9.08.